The lowest BCUT2D eigenvalue weighted by Gasteiger charge is -2.32. The molecule has 2 aliphatic rings. The highest BCUT2D eigenvalue weighted by Crippen LogP contribution is 2.35. The third-order valence-corrected chi connectivity index (χ3v) is 7.50. The number of nitriles is 1. The molecular weight excluding hydrogens is 476 g/mol. The second-order valence-electron chi connectivity index (χ2n) is 10.4. The van der Waals surface area contributed by atoms with Gasteiger partial charge in [-0.3, -0.25) is 9.69 Å². The van der Waals surface area contributed by atoms with E-state index in [4.69, 9.17) is 20.4 Å². The molecule has 8 heteroatoms. The second-order valence-corrected chi connectivity index (χ2v) is 10.4. The molecule has 3 N–H and O–H groups in total. The molecule has 0 radical (unpaired) electrons. The number of piperidine rings is 1. The van der Waals surface area contributed by atoms with E-state index >= 15 is 0 Å². The number of primary amides is 1. The number of benzene rings is 2. The van der Waals surface area contributed by atoms with E-state index in [0.717, 1.165) is 86.3 Å². The highest BCUT2D eigenvalue weighted by Gasteiger charge is 2.24. The highest BCUT2D eigenvalue weighted by molar-refractivity contribution is 5.92. The number of aromatic nitrogens is 2. The van der Waals surface area contributed by atoms with Gasteiger partial charge in [-0.05, 0) is 93.3 Å². The predicted octanol–water partition coefficient (Wildman–Crippen LogP) is 4.81. The minimum absolute atomic E-state index is 0.288. The van der Waals surface area contributed by atoms with Gasteiger partial charge in [0.2, 0.25) is 17.7 Å². The first-order valence-corrected chi connectivity index (χ1v) is 13.4. The maximum absolute atomic E-state index is 11.3. The van der Waals surface area contributed by atoms with Crippen LogP contribution < -0.4 is 15.8 Å². The third kappa shape index (κ3) is 5.79. The molecule has 2 heterocycles. The number of carbonyl (C=O) groups is 1. The lowest BCUT2D eigenvalue weighted by molar-refractivity contribution is 0.1000. The zero-order chi connectivity index (χ0) is 26.6. The van der Waals surface area contributed by atoms with Gasteiger partial charge in [0, 0.05) is 36.8 Å². The first kappa shape index (κ1) is 25.7. The molecule has 5 rings (SSSR count). The number of aryl methyl sites for hydroxylation is 3. The summed E-state index contributed by atoms with van der Waals surface area (Å²) < 4.78 is 6.44. The number of hydrogen-bond acceptors (Lipinski definition) is 7. The summed E-state index contributed by atoms with van der Waals surface area (Å²) in [6, 6.07) is 13.8. The molecule has 3 aromatic rings. The van der Waals surface area contributed by atoms with Crippen molar-refractivity contribution in [3.63, 3.8) is 0 Å². The van der Waals surface area contributed by atoms with Crippen LogP contribution >= 0.6 is 0 Å². The topological polar surface area (TPSA) is 117 Å². The predicted molar refractivity (Wildman–Crippen MR) is 146 cm³/mol. The third-order valence-electron chi connectivity index (χ3n) is 7.50. The zero-order valence-electron chi connectivity index (χ0n) is 22.1. The molecule has 8 nitrogen and oxygen atoms in total. The summed E-state index contributed by atoms with van der Waals surface area (Å²) in [7, 11) is 0. The lowest BCUT2D eigenvalue weighted by Crippen LogP contribution is -2.39. The van der Waals surface area contributed by atoms with Crippen LogP contribution in [0.5, 0.6) is 11.6 Å². The van der Waals surface area contributed by atoms with Crippen LogP contribution in [0.15, 0.2) is 36.4 Å². The Morgan fingerprint density at radius 1 is 1.11 bits per heavy atom. The summed E-state index contributed by atoms with van der Waals surface area (Å²) in [6.07, 6.45) is 6.05. The van der Waals surface area contributed by atoms with E-state index in [2.05, 4.69) is 16.3 Å². The average molecular weight is 511 g/mol. The van der Waals surface area contributed by atoms with Gasteiger partial charge in [0.1, 0.15) is 5.75 Å². The van der Waals surface area contributed by atoms with Crippen LogP contribution in [0.4, 0.5) is 5.95 Å². The van der Waals surface area contributed by atoms with E-state index in [0.29, 0.717) is 23.0 Å². The zero-order valence-corrected chi connectivity index (χ0v) is 22.1. The number of hydrogen-bond donors (Lipinski definition) is 2. The number of nitrogens with two attached hydrogens (primary N) is 1. The van der Waals surface area contributed by atoms with Crippen LogP contribution in [0, 0.1) is 25.2 Å². The number of ether oxygens (including phenoxy) is 1. The Kier molecular flexibility index (Phi) is 7.57. The number of anilines is 1. The Morgan fingerprint density at radius 2 is 1.79 bits per heavy atom. The minimum Gasteiger partial charge on any atom is -0.438 e. The van der Waals surface area contributed by atoms with Crippen molar-refractivity contribution in [3.05, 3.63) is 75.5 Å². The van der Waals surface area contributed by atoms with Gasteiger partial charge in [0.25, 0.3) is 0 Å². The monoisotopic (exact) mass is 510 g/mol. The van der Waals surface area contributed by atoms with E-state index in [1.165, 1.54) is 5.56 Å². The average Bonchev–Trinajstić information content (AvgIpc) is 2.92. The van der Waals surface area contributed by atoms with E-state index in [-0.39, 0.29) is 6.04 Å². The molecule has 1 aliphatic carbocycles. The quantitative estimate of drug-likeness (QED) is 0.468. The van der Waals surface area contributed by atoms with Crippen LogP contribution in [0.3, 0.4) is 0 Å². The van der Waals surface area contributed by atoms with Crippen LogP contribution in [0.2, 0.25) is 0 Å². The molecule has 1 saturated heterocycles. The number of rotatable bonds is 7. The summed E-state index contributed by atoms with van der Waals surface area (Å²) in [4.78, 5) is 23.5. The van der Waals surface area contributed by atoms with Crippen molar-refractivity contribution in [2.45, 2.75) is 65.0 Å². The molecule has 1 aromatic heterocycles. The smallest absolute Gasteiger partial charge is 0.248 e. The maximum atomic E-state index is 11.3. The standard InChI is InChI=1S/C30H34N6O2/c1-19-15-22(17-31)16-20(2)27(19)38-29-25-5-3-4-6-26(25)34-30(35-29)33-24-11-13-36(14-12-24)18-21-7-9-23(10-8-21)28(32)37/h7-10,15-16,24H,3-6,11-14,18H2,1-2H3,(H2,32,37)(H,33,34,35). The molecule has 0 saturated carbocycles. The van der Waals surface area contributed by atoms with Crippen LogP contribution in [0.1, 0.15) is 69.6 Å². The van der Waals surface area contributed by atoms with E-state index < -0.39 is 5.91 Å². The van der Waals surface area contributed by atoms with Crippen molar-refractivity contribution >= 4 is 11.9 Å². The Balaban J connectivity index is 1.27. The highest BCUT2D eigenvalue weighted by atomic mass is 16.5. The normalized spacial score (nSPS) is 15.9. The largest absolute Gasteiger partial charge is 0.438 e. The maximum Gasteiger partial charge on any atom is 0.248 e. The fourth-order valence-corrected chi connectivity index (χ4v) is 5.43. The van der Waals surface area contributed by atoms with Crippen molar-refractivity contribution < 1.29 is 9.53 Å². The summed E-state index contributed by atoms with van der Waals surface area (Å²) in [6.45, 7) is 6.72. The molecule has 38 heavy (non-hydrogen) atoms. The Hall–Kier alpha value is -3.96. The summed E-state index contributed by atoms with van der Waals surface area (Å²) in [5, 5.41) is 12.9. The van der Waals surface area contributed by atoms with Gasteiger partial charge in [-0.25, -0.2) is 4.98 Å². The SMILES string of the molecule is Cc1cc(C#N)cc(C)c1Oc1nc(NC2CCN(Cc3ccc(C(N)=O)cc3)CC2)nc2c1CCCC2. The van der Waals surface area contributed by atoms with Crippen LogP contribution in [-0.4, -0.2) is 39.9 Å². The van der Waals surface area contributed by atoms with Crippen LogP contribution in [0.25, 0.3) is 0 Å². The Labute approximate surface area is 223 Å². The van der Waals surface area contributed by atoms with Gasteiger partial charge in [-0.15, -0.1) is 0 Å². The van der Waals surface area contributed by atoms with Gasteiger partial charge in [0.05, 0.1) is 17.3 Å². The lowest BCUT2D eigenvalue weighted by atomic mass is 9.97. The molecule has 1 amide bonds. The van der Waals surface area contributed by atoms with E-state index in [9.17, 15) is 10.1 Å². The number of carbonyl (C=O) groups excluding carboxylic acids is 1. The molecule has 0 spiro atoms. The summed E-state index contributed by atoms with van der Waals surface area (Å²) in [5.41, 5.74) is 11.7. The van der Waals surface area contributed by atoms with Gasteiger partial charge >= 0.3 is 0 Å². The summed E-state index contributed by atoms with van der Waals surface area (Å²) >= 11 is 0. The van der Waals surface area contributed by atoms with Crippen LogP contribution in [-0.2, 0) is 19.4 Å². The van der Waals surface area contributed by atoms with Gasteiger partial charge in [-0.1, -0.05) is 12.1 Å². The molecule has 196 valence electrons. The van der Waals surface area contributed by atoms with Crippen molar-refractivity contribution in [1.29, 1.82) is 5.26 Å². The van der Waals surface area contributed by atoms with Crippen molar-refractivity contribution in [2.75, 3.05) is 18.4 Å². The molecule has 0 atom stereocenters. The Morgan fingerprint density at radius 3 is 2.45 bits per heavy atom. The molecule has 0 unspecified atom stereocenters. The number of nitrogens with zero attached hydrogens (tertiary/aromatic N) is 4. The van der Waals surface area contributed by atoms with Crippen molar-refractivity contribution in [3.8, 4) is 17.7 Å². The molecule has 2 aromatic carbocycles. The molecule has 1 aliphatic heterocycles. The Bertz CT molecular complexity index is 1350. The van der Waals surface area contributed by atoms with Gasteiger partial charge in [-0.2, -0.15) is 10.2 Å². The fourth-order valence-electron chi connectivity index (χ4n) is 5.43. The second kappa shape index (κ2) is 11.2. The first-order chi connectivity index (χ1) is 18.4. The van der Waals surface area contributed by atoms with Crippen molar-refractivity contribution in [1.82, 2.24) is 14.9 Å². The van der Waals surface area contributed by atoms with E-state index in [1.807, 2.05) is 38.1 Å². The summed E-state index contributed by atoms with van der Waals surface area (Å²) in [5.74, 6) is 1.62. The fraction of sp³-hybridized carbons (Fsp3) is 0.400. The molecule has 0 bridgehead atoms. The first-order valence-electron chi connectivity index (χ1n) is 13.4. The van der Waals surface area contributed by atoms with Crippen molar-refractivity contribution in [2.24, 2.45) is 5.73 Å². The molecule has 1 fully saturated rings. The number of likely N-dealkylation sites (tertiary alicyclic amines) is 1. The number of amides is 1. The van der Waals surface area contributed by atoms with E-state index in [1.54, 1.807) is 12.1 Å². The van der Waals surface area contributed by atoms with Gasteiger partial charge in [0.15, 0.2) is 0 Å². The van der Waals surface area contributed by atoms with Gasteiger partial charge < -0.3 is 15.8 Å². The molecular formula is C30H34N6O2. The number of fused-ring (bicyclic) bond motifs is 1. The number of nitrogens with one attached hydrogen (secondary N) is 1. The minimum atomic E-state index is -0.399.